The quantitative estimate of drug-likeness (QED) is 0.256. The second-order valence-electron chi connectivity index (χ2n) is 6.93. The van der Waals surface area contributed by atoms with E-state index in [2.05, 4.69) is 30.9 Å². The minimum atomic E-state index is 0.149. The van der Waals surface area contributed by atoms with Crippen molar-refractivity contribution in [2.45, 2.75) is 99.8 Å². The molecule has 0 amide bonds. The zero-order chi connectivity index (χ0) is 23.2. The lowest BCUT2D eigenvalue weighted by atomic mass is 10.0. The van der Waals surface area contributed by atoms with Crippen molar-refractivity contribution >= 4 is 11.8 Å². The van der Waals surface area contributed by atoms with Gasteiger partial charge >= 0.3 is 0 Å². The minimum absolute atomic E-state index is 0.149. The van der Waals surface area contributed by atoms with Gasteiger partial charge in [0, 0.05) is 18.8 Å². The van der Waals surface area contributed by atoms with Crippen LogP contribution in [0.2, 0.25) is 0 Å². The van der Waals surface area contributed by atoms with Crippen molar-refractivity contribution < 1.29 is 0 Å². The molecule has 1 aromatic carbocycles. The van der Waals surface area contributed by atoms with Crippen LogP contribution < -0.4 is 4.90 Å². The Morgan fingerprint density at radius 2 is 1.37 bits per heavy atom. The van der Waals surface area contributed by atoms with E-state index in [1.54, 1.807) is 6.08 Å². The van der Waals surface area contributed by atoms with Gasteiger partial charge in [-0.3, -0.25) is 0 Å². The van der Waals surface area contributed by atoms with Crippen molar-refractivity contribution in [3.8, 4) is 12.1 Å². The molecule has 0 aliphatic rings. The Kier molecular flexibility index (Phi) is 21.4. The molecule has 0 aromatic heterocycles. The largest absolute Gasteiger partial charge is 0.372 e. The van der Waals surface area contributed by atoms with Gasteiger partial charge in [0.2, 0.25) is 0 Å². The summed E-state index contributed by atoms with van der Waals surface area (Å²) in [5.41, 5.74) is 3.45. The number of unbranched alkanes of at least 4 members (excludes halogenated alkanes) is 6. The molecule has 0 spiro atoms. The predicted molar refractivity (Wildman–Crippen MR) is 134 cm³/mol. The lowest BCUT2D eigenvalue weighted by molar-refractivity contribution is 0.593. The van der Waals surface area contributed by atoms with E-state index in [9.17, 15) is 0 Å². The SMILES string of the molecule is CC.CC.CCCCCCCCN(CCCC)c1ccc(C=C(C#N)C#N)c(C)c1. The van der Waals surface area contributed by atoms with Crippen LogP contribution in [0.25, 0.3) is 6.08 Å². The lowest BCUT2D eigenvalue weighted by Crippen LogP contribution is -2.25. The minimum Gasteiger partial charge on any atom is -0.372 e. The highest BCUT2D eigenvalue weighted by Gasteiger charge is 2.08. The highest BCUT2D eigenvalue weighted by Crippen LogP contribution is 2.22. The molecule has 0 saturated heterocycles. The maximum absolute atomic E-state index is 8.94. The molecule has 0 saturated carbocycles. The van der Waals surface area contributed by atoms with Crippen LogP contribution in [0.3, 0.4) is 0 Å². The number of allylic oxidation sites excluding steroid dienone is 1. The van der Waals surface area contributed by atoms with Crippen LogP contribution in [0.15, 0.2) is 23.8 Å². The highest BCUT2D eigenvalue weighted by molar-refractivity contribution is 5.66. The molecule has 3 heteroatoms. The molecule has 0 atom stereocenters. The Hall–Kier alpha value is -2.26. The molecule has 0 fully saturated rings. The van der Waals surface area contributed by atoms with Crippen molar-refractivity contribution in [1.29, 1.82) is 10.5 Å². The average Bonchev–Trinajstić information content (AvgIpc) is 2.80. The molecule has 1 rings (SSSR count). The van der Waals surface area contributed by atoms with Crippen molar-refractivity contribution in [3.63, 3.8) is 0 Å². The molecule has 0 N–H and O–H groups in total. The van der Waals surface area contributed by atoms with Crippen LogP contribution in [-0.2, 0) is 0 Å². The average molecular weight is 412 g/mol. The number of rotatable bonds is 12. The van der Waals surface area contributed by atoms with Crippen LogP contribution in [0.5, 0.6) is 0 Å². The summed E-state index contributed by atoms with van der Waals surface area (Å²) in [7, 11) is 0. The van der Waals surface area contributed by atoms with Crippen LogP contribution in [-0.4, -0.2) is 13.1 Å². The molecule has 0 radical (unpaired) electrons. The zero-order valence-electron chi connectivity index (χ0n) is 20.7. The monoisotopic (exact) mass is 411 g/mol. The topological polar surface area (TPSA) is 50.8 Å². The van der Waals surface area contributed by atoms with E-state index in [1.165, 1.54) is 57.1 Å². The summed E-state index contributed by atoms with van der Waals surface area (Å²) >= 11 is 0. The third kappa shape index (κ3) is 13.1. The van der Waals surface area contributed by atoms with E-state index in [0.717, 1.165) is 24.2 Å². The smallest absolute Gasteiger partial charge is 0.130 e. The molecule has 168 valence electrons. The van der Waals surface area contributed by atoms with E-state index < -0.39 is 0 Å². The Balaban J connectivity index is 0. The Morgan fingerprint density at radius 1 is 0.833 bits per heavy atom. The summed E-state index contributed by atoms with van der Waals surface area (Å²) in [6.07, 6.45) is 11.9. The number of nitrogens with zero attached hydrogens (tertiary/aromatic N) is 3. The number of anilines is 1. The third-order valence-corrected chi connectivity index (χ3v) is 4.72. The Morgan fingerprint density at radius 3 is 1.90 bits per heavy atom. The van der Waals surface area contributed by atoms with Crippen LogP contribution in [0.1, 0.15) is 104 Å². The highest BCUT2D eigenvalue weighted by atomic mass is 15.1. The van der Waals surface area contributed by atoms with Crippen molar-refractivity contribution in [2.75, 3.05) is 18.0 Å². The van der Waals surface area contributed by atoms with Gasteiger partial charge in [-0.1, -0.05) is 86.1 Å². The second kappa shape index (κ2) is 21.4. The summed E-state index contributed by atoms with van der Waals surface area (Å²) in [4.78, 5) is 2.49. The van der Waals surface area contributed by atoms with Gasteiger partial charge in [-0.25, -0.2) is 0 Å². The molecule has 1 aromatic rings. The van der Waals surface area contributed by atoms with Crippen LogP contribution in [0, 0.1) is 29.6 Å². The molecule has 0 bridgehead atoms. The standard InChI is InChI=1S/C23H33N3.2C2H6/c1-4-6-8-9-10-11-15-26(14-7-5-2)23-13-12-22(20(3)16-23)17-21(18-24)19-25;2*1-2/h12-13,16-17H,4-11,14-15H2,1-3H3;2*1-2H3. The summed E-state index contributed by atoms with van der Waals surface area (Å²) in [6.45, 7) is 16.7. The maximum atomic E-state index is 8.94. The summed E-state index contributed by atoms with van der Waals surface area (Å²) in [5.74, 6) is 0. The van der Waals surface area contributed by atoms with Crippen molar-refractivity contribution in [1.82, 2.24) is 0 Å². The van der Waals surface area contributed by atoms with E-state index >= 15 is 0 Å². The first-order valence-electron chi connectivity index (χ1n) is 12.0. The molecule has 0 aliphatic carbocycles. The number of nitriles is 2. The molecule has 0 aliphatic heterocycles. The molecule has 0 heterocycles. The van der Waals surface area contributed by atoms with Gasteiger partial charge in [-0.2, -0.15) is 10.5 Å². The molecule has 3 nitrogen and oxygen atoms in total. The first kappa shape index (κ1) is 29.9. The fourth-order valence-electron chi connectivity index (χ4n) is 3.07. The number of aryl methyl sites for hydroxylation is 1. The lowest BCUT2D eigenvalue weighted by Gasteiger charge is -2.25. The van der Waals surface area contributed by atoms with Gasteiger partial charge in [0.1, 0.15) is 17.7 Å². The van der Waals surface area contributed by atoms with Crippen LogP contribution in [0.4, 0.5) is 5.69 Å². The van der Waals surface area contributed by atoms with Gasteiger partial charge < -0.3 is 4.90 Å². The fraction of sp³-hybridized carbons (Fsp3) is 0.630. The zero-order valence-corrected chi connectivity index (χ0v) is 20.7. The summed E-state index contributed by atoms with van der Waals surface area (Å²) < 4.78 is 0. The first-order valence-corrected chi connectivity index (χ1v) is 12.0. The number of hydrogen-bond donors (Lipinski definition) is 0. The van der Waals surface area contributed by atoms with Gasteiger partial charge in [0.25, 0.3) is 0 Å². The maximum Gasteiger partial charge on any atom is 0.130 e. The van der Waals surface area contributed by atoms with E-state index in [-0.39, 0.29) is 5.57 Å². The fourth-order valence-corrected chi connectivity index (χ4v) is 3.07. The Labute approximate surface area is 187 Å². The van der Waals surface area contributed by atoms with Crippen molar-refractivity contribution in [3.05, 3.63) is 34.9 Å². The third-order valence-electron chi connectivity index (χ3n) is 4.72. The number of benzene rings is 1. The normalized spacial score (nSPS) is 9.10. The molecule has 0 unspecified atom stereocenters. The molecular formula is C27H45N3. The van der Waals surface area contributed by atoms with Crippen molar-refractivity contribution in [2.24, 2.45) is 0 Å². The van der Waals surface area contributed by atoms with Gasteiger partial charge in [-0.05, 0) is 49.1 Å². The molecule has 30 heavy (non-hydrogen) atoms. The van der Waals surface area contributed by atoms with Gasteiger partial charge in [-0.15, -0.1) is 0 Å². The summed E-state index contributed by atoms with van der Waals surface area (Å²) in [5, 5.41) is 17.9. The first-order chi connectivity index (χ1) is 14.7. The predicted octanol–water partition coefficient (Wildman–Crippen LogP) is 8.44. The second-order valence-corrected chi connectivity index (χ2v) is 6.93. The van der Waals surface area contributed by atoms with E-state index in [0.29, 0.717) is 0 Å². The van der Waals surface area contributed by atoms with Crippen LogP contribution >= 0.6 is 0 Å². The summed E-state index contributed by atoms with van der Waals surface area (Å²) in [6, 6.07) is 10.2. The van der Waals surface area contributed by atoms with E-state index in [1.807, 2.05) is 52.8 Å². The van der Waals surface area contributed by atoms with E-state index in [4.69, 9.17) is 10.5 Å². The van der Waals surface area contributed by atoms with Gasteiger partial charge in [0.15, 0.2) is 0 Å². The number of hydrogen-bond acceptors (Lipinski definition) is 3. The Bertz CT molecular complexity index is 631. The van der Waals surface area contributed by atoms with Gasteiger partial charge in [0.05, 0.1) is 0 Å². The molecular weight excluding hydrogens is 366 g/mol.